The van der Waals surface area contributed by atoms with Gasteiger partial charge in [-0.2, -0.15) is 0 Å². The first-order valence-electron chi connectivity index (χ1n) is 5.22. The van der Waals surface area contributed by atoms with Gasteiger partial charge < -0.3 is 9.84 Å². The normalized spacial score (nSPS) is 15.3. The monoisotopic (exact) mass is 229 g/mol. The number of rotatable bonds is 5. The largest absolute Gasteiger partial charge is 0.390 e. The summed E-state index contributed by atoms with van der Waals surface area (Å²) in [5.41, 5.74) is 1.06. The molecule has 1 aromatic heterocycles. The first-order chi connectivity index (χ1) is 7.08. The summed E-state index contributed by atoms with van der Waals surface area (Å²) in [4.78, 5) is 5.63. The third-order valence-corrected chi connectivity index (χ3v) is 3.69. The molecule has 2 unspecified atom stereocenters. The van der Waals surface area contributed by atoms with Crippen LogP contribution in [-0.4, -0.2) is 29.4 Å². The number of ether oxygens (including phenoxy) is 1. The van der Waals surface area contributed by atoms with E-state index in [2.05, 4.69) is 11.9 Å². The van der Waals surface area contributed by atoms with Crippen molar-refractivity contribution in [3.05, 3.63) is 15.6 Å². The summed E-state index contributed by atoms with van der Waals surface area (Å²) in [6, 6.07) is 0. The molecule has 0 aliphatic heterocycles. The van der Waals surface area contributed by atoms with Gasteiger partial charge in [-0.1, -0.05) is 6.92 Å². The summed E-state index contributed by atoms with van der Waals surface area (Å²) in [6.45, 7) is 6.06. The number of nitrogens with zero attached hydrogens (tertiary/aromatic N) is 1. The number of methoxy groups -OCH3 is 1. The Balaban J connectivity index is 2.61. The van der Waals surface area contributed by atoms with Gasteiger partial charge in [0.25, 0.3) is 0 Å². The maximum atomic E-state index is 9.90. The molecule has 0 saturated carbocycles. The Morgan fingerprint density at radius 3 is 2.53 bits per heavy atom. The standard InChI is InChI=1S/C11H19NO2S/c1-5-10(14-4)9(13)6-11-12-7(2)8(3)15-11/h9-10,13H,5-6H2,1-4H3. The number of aliphatic hydroxyl groups is 1. The zero-order valence-corrected chi connectivity index (χ0v) is 10.6. The fraction of sp³-hybridized carbons (Fsp3) is 0.727. The van der Waals surface area contributed by atoms with E-state index in [0.717, 1.165) is 17.1 Å². The van der Waals surface area contributed by atoms with Crippen molar-refractivity contribution in [1.29, 1.82) is 0 Å². The molecule has 0 saturated heterocycles. The predicted molar refractivity (Wildman–Crippen MR) is 62.4 cm³/mol. The molecule has 0 bridgehead atoms. The van der Waals surface area contributed by atoms with Crippen LogP contribution in [0.1, 0.15) is 28.9 Å². The number of hydrogen-bond acceptors (Lipinski definition) is 4. The quantitative estimate of drug-likeness (QED) is 0.840. The van der Waals surface area contributed by atoms with Crippen LogP contribution in [0.3, 0.4) is 0 Å². The van der Waals surface area contributed by atoms with E-state index in [1.807, 2.05) is 13.8 Å². The van der Waals surface area contributed by atoms with Crippen LogP contribution in [0.5, 0.6) is 0 Å². The molecule has 0 aromatic carbocycles. The second kappa shape index (κ2) is 5.58. The molecular weight excluding hydrogens is 210 g/mol. The van der Waals surface area contributed by atoms with Gasteiger partial charge in [0.05, 0.1) is 22.9 Å². The van der Waals surface area contributed by atoms with Gasteiger partial charge in [0, 0.05) is 18.4 Å². The zero-order valence-electron chi connectivity index (χ0n) is 9.78. The number of aryl methyl sites for hydroxylation is 2. The maximum absolute atomic E-state index is 9.90. The molecule has 0 aliphatic rings. The SMILES string of the molecule is CCC(OC)C(O)Cc1nc(C)c(C)s1. The minimum atomic E-state index is -0.454. The highest BCUT2D eigenvalue weighted by atomic mass is 32.1. The summed E-state index contributed by atoms with van der Waals surface area (Å²) in [5, 5.41) is 10.9. The first-order valence-corrected chi connectivity index (χ1v) is 6.03. The summed E-state index contributed by atoms with van der Waals surface area (Å²) >= 11 is 1.65. The van der Waals surface area contributed by atoms with Gasteiger partial charge in [-0.05, 0) is 20.3 Å². The lowest BCUT2D eigenvalue weighted by Crippen LogP contribution is -2.29. The Bertz CT molecular complexity index is 288. The Hall–Kier alpha value is -0.450. The molecule has 15 heavy (non-hydrogen) atoms. The van der Waals surface area contributed by atoms with Crippen molar-refractivity contribution in [2.75, 3.05) is 7.11 Å². The van der Waals surface area contributed by atoms with Crippen molar-refractivity contribution in [3.63, 3.8) is 0 Å². The molecule has 0 fully saturated rings. The summed E-state index contributed by atoms with van der Waals surface area (Å²) < 4.78 is 5.20. The molecule has 1 aromatic rings. The molecule has 2 atom stereocenters. The molecule has 0 aliphatic carbocycles. The predicted octanol–water partition coefficient (Wildman–Crippen LogP) is 2.09. The van der Waals surface area contributed by atoms with Gasteiger partial charge in [0.2, 0.25) is 0 Å². The second-order valence-corrected chi connectivity index (χ2v) is 4.99. The summed E-state index contributed by atoms with van der Waals surface area (Å²) in [7, 11) is 1.63. The Kier molecular flexibility index (Phi) is 4.70. The summed E-state index contributed by atoms with van der Waals surface area (Å²) in [5.74, 6) is 0. The van der Waals surface area contributed by atoms with Gasteiger partial charge in [0.15, 0.2) is 0 Å². The van der Waals surface area contributed by atoms with E-state index in [1.165, 1.54) is 4.88 Å². The topological polar surface area (TPSA) is 42.4 Å². The Morgan fingerprint density at radius 1 is 1.47 bits per heavy atom. The first kappa shape index (κ1) is 12.6. The lowest BCUT2D eigenvalue weighted by Gasteiger charge is -2.18. The number of aromatic nitrogens is 1. The van der Waals surface area contributed by atoms with Crippen molar-refractivity contribution in [1.82, 2.24) is 4.98 Å². The fourth-order valence-electron chi connectivity index (χ4n) is 1.53. The molecular formula is C11H19NO2S. The van der Waals surface area contributed by atoms with E-state index in [0.29, 0.717) is 6.42 Å². The van der Waals surface area contributed by atoms with E-state index in [1.54, 1.807) is 18.4 Å². The molecule has 0 radical (unpaired) electrons. The van der Waals surface area contributed by atoms with Gasteiger partial charge in [-0.3, -0.25) is 0 Å². The summed E-state index contributed by atoms with van der Waals surface area (Å²) in [6.07, 6.45) is 0.867. The third-order valence-electron chi connectivity index (χ3n) is 2.59. The van der Waals surface area contributed by atoms with E-state index in [-0.39, 0.29) is 6.10 Å². The van der Waals surface area contributed by atoms with Crippen molar-refractivity contribution in [2.24, 2.45) is 0 Å². The van der Waals surface area contributed by atoms with Crippen LogP contribution in [0, 0.1) is 13.8 Å². The molecule has 4 heteroatoms. The van der Waals surface area contributed by atoms with Crippen molar-refractivity contribution in [3.8, 4) is 0 Å². The third kappa shape index (κ3) is 3.26. The molecule has 0 spiro atoms. The van der Waals surface area contributed by atoms with Crippen LogP contribution in [0.25, 0.3) is 0 Å². The minimum absolute atomic E-state index is 0.0884. The van der Waals surface area contributed by atoms with Crippen molar-refractivity contribution in [2.45, 2.75) is 45.8 Å². The van der Waals surface area contributed by atoms with E-state index >= 15 is 0 Å². The number of aliphatic hydroxyl groups excluding tert-OH is 1. The average Bonchev–Trinajstić information content (AvgIpc) is 2.47. The molecule has 86 valence electrons. The van der Waals surface area contributed by atoms with Gasteiger partial charge in [-0.25, -0.2) is 4.98 Å². The number of thiazole rings is 1. The molecule has 1 rings (SSSR count). The molecule has 3 nitrogen and oxygen atoms in total. The highest BCUT2D eigenvalue weighted by Crippen LogP contribution is 2.19. The van der Waals surface area contributed by atoms with Gasteiger partial charge in [0.1, 0.15) is 0 Å². The zero-order chi connectivity index (χ0) is 11.4. The van der Waals surface area contributed by atoms with E-state index < -0.39 is 6.10 Å². The molecule has 1 heterocycles. The highest BCUT2D eigenvalue weighted by molar-refractivity contribution is 7.11. The maximum Gasteiger partial charge on any atom is 0.0957 e. The van der Waals surface area contributed by atoms with Gasteiger partial charge in [-0.15, -0.1) is 11.3 Å². The second-order valence-electron chi connectivity index (χ2n) is 3.70. The van der Waals surface area contributed by atoms with E-state index in [4.69, 9.17) is 4.74 Å². The van der Waals surface area contributed by atoms with Crippen molar-refractivity contribution < 1.29 is 9.84 Å². The van der Waals surface area contributed by atoms with Crippen molar-refractivity contribution >= 4 is 11.3 Å². The molecule has 1 N–H and O–H groups in total. The van der Waals surface area contributed by atoms with Crippen LogP contribution in [-0.2, 0) is 11.2 Å². The van der Waals surface area contributed by atoms with Crippen LogP contribution in [0.4, 0.5) is 0 Å². The molecule has 0 amide bonds. The average molecular weight is 229 g/mol. The van der Waals surface area contributed by atoms with Crippen LogP contribution in [0.2, 0.25) is 0 Å². The van der Waals surface area contributed by atoms with Crippen LogP contribution in [0.15, 0.2) is 0 Å². The van der Waals surface area contributed by atoms with Crippen LogP contribution < -0.4 is 0 Å². The number of hydrogen-bond donors (Lipinski definition) is 1. The Labute approximate surface area is 95.1 Å². The smallest absolute Gasteiger partial charge is 0.0957 e. The van der Waals surface area contributed by atoms with Crippen LogP contribution >= 0.6 is 11.3 Å². The minimum Gasteiger partial charge on any atom is -0.390 e. The highest BCUT2D eigenvalue weighted by Gasteiger charge is 2.18. The Morgan fingerprint density at radius 2 is 2.13 bits per heavy atom. The lowest BCUT2D eigenvalue weighted by molar-refractivity contribution is -0.0128. The fourth-order valence-corrected chi connectivity index (χ4v) is 2.52. The van der Waals surface area contributed by atoms with E-state index in [9.17, 15) is 5.11 Å². The van der Waals surface area contributed by atoms with Gasteiger partial charge >= 0.3 is 0 Å². The lowest BCUT2D eigenvalue weighted by atomic mass is 10.1.